The predicted molar refractivity (Wildman–Crippen MR) is 111 cm³/mol. The van der Waals surface area contributed by atoms with E-state index in [0.29, 0.717) is 19.1 Å². The maximum Gasteiger partial charge on any atom is 0.236 e. The van der Waals surface area contributed by atoms with Crippen molar-refractivity contribution in [2.24, 2.45) is 0 Å². The molecule has 28 heavy (non-hydrogen) atoms. The molecule has 1 aromatic rings. The second-order valence-electron chi connectivity index (χ2n) is 8.18. The lowest BCUT2D eigenvalue weighted by atomic mass is 10.0. The quantitative estimate of drug-likeness (QED) is 0.811. The minimum absolute atomic E-state index is 0.0131. The van der Waals surface area contributed by atoms with Crippen LogP contribution in [0.25, 0.3) is 0 Å². The number of likely N-dealkylation sites (tertiary alicyclic amines) is 1. The van der Waals surface area contributed by atoms with E-state index in [1.807, 2.05) is 42.2 Å². The van der Waals surface area contributed by atoms with Crippen molar-refractivity contribution in [3.05, 3.63) is 35.9 Å². The summed E-state index contributed by atoms with van der Waals surface area (Å²) in [6, 6.07) is 10.4. The van der Waals surface area contributed by atoms with E-state index < -0.39 is 0 Å². The number of nitrogens with zero attached hydrogens (tertiary/aromatic N) is 3. The first-order chi connectivity index (χ1) is 13.5. The van der Waals surface area contributed by atoms with Crippen molar-refractivity contribution >= 4 is 11.8 Å². The van der Waals surface area contributed by atoms with Gasteiger partial charge < -0.3 is 10.2 Å². The lowest BCUT2D eigenvalue weighted by Crippen LogP contribution is -2.53. The minimum atomic E-state index is 0.0131. The third-order valence-electron chi connectivity index (χ3n) is 5.99. The Hall–Kier alpha value is -1.92. The second-order valence-corrected chi connectivity index (χ2v) is 8.18. The molecule has 2 aliphatic rings. The first kappa shape index (κ1) is 20.8. The number of piperazine rings is 1. The molecule has 0 bridgehead atoms. The van der Waals surface area contributed by atoms with E-state index in [0.717, 1.165) is 51.1 Å². The molecule has 2 saturated heterocycles. The van der Waals surface area contributed by atoms with E-state index in [9.17, 15) is 9.59 Å². The molecule has 1 aromatic carbocycles. The molecule has 2 fully saturated rings. The van der Waals surface area contributed by atoms with Crippen LogP contribution in [0.2, 0.25) is 0 Å². The Morgan fingerprint density at radius 3 is 2.29 bits per heavy atom. The van der Waals surface area contributed by atoms with Crippen molar-refractivity contribution in [3.63, 3.8) is 0 Å². The number of carbonyl (C=O) groups excluding carboxylic acids is 2. The van der Waals surface area contributed by atoms with Gasteiger partial charge in [0.1, 0.15) is 0 Å². The molecule has 3 rings (SSSR count). The molecule has 154 valence electrons. The highest BCUT2D eigenvalue weighted by Crippen LogP contribution is 2.17. The van der Waals surface area contributed by atoms with Gasteiger partial charge in [-0.3, -0.25) is 19.4 Å². The fraction of sp³-hybridized carbons (Fsp3) is 0.636. The fourth-order valence-electron chi connectivity index (χ4n) is 4.17. The van der Waals surface area contributed by atoms with Crippen molar-refractivity contribution < 1.29 is 9.59 Å². The normalized spacial score (nSPS) is 22.6. The van der Waals surface area contributed by atoms with E-state index >= 15 is 0 Å². The van der Waals surface area contributed by atoms with E-state index in [-0.39, 0.29) is 17.9 Å². The first-order valence-corrected chi connectivity index (χ1v) is 10.6. The average molecular weight is 387 g/mol. The molecule has 2 heterocycles. The number of piperidine rings is 1. The molecule has 0 aliphatic carbocycles. The number of benzene rings is 1. The number of hydrogen-bond donors (Lipinski definition) is 1. The highest BCUT2D eigenvalue weighted by atomic mass is 16.2. The molecule has 6 heteroatoms. The topological polar surface area (TPSA) is 55.9 Å². The number of amides is 2. The highest BCUT2D eigenvalue weighted by Gasteiger charge is 2.26. The Bertz CT molecular complexity index is 643. The van der Waals surface area contributed by atoms with Gasteiger partial charge >= 0.3 is 0 Å². The third kappa shape index (κ3) is 5.79. The van der Waals surface area contributed by atoms with E-state index in [1.165, 1.54) is 6.42 Å². The summed E-state index contributed by atoms with van der Waals surface area (Å²) < 4.78 is 0. The maximum atomic E-state index is 12.6. The summed E-state index contributed by atoms with van der Waals surface area (Å²) >= 11 is 0. The van der Waals surface area contributed by atoms with Crippen molar-refractivity contribution in [1.29, 1.82) is 0 Å². The lowest BCUT2D eigenvalue weighted by molar-refractivity contribution is -0.136. The zero-order valence-electron chi connectivity index (χ0n) is 17.3. The minimum Gasteiger partial charge on any atom is -0.348 e. The molecule has 2 atom stereocenters. The monoisotopic (exact) mass is 386 g/mol. The summed E-state index contributed by atoms with van der Waals surface area (Å²) in [6.07, 6.45) is 3.48. The smallest absolute Gasteiger partial charge is 0.236 e. The molecule has 0 spiro atoms. The second kappa shape index (κ2) is 10.0. The van der Waals surface area contributed by atoms with Gasteiger partial charge in [-0.25, -0.2) is 0 Å². The van der Waals surface area contributed by atoms with E-state index in [4.69, 9.17) is 0 Å². The van der Waals surface area contributed by atoms with Crippen LogP contribution in [0.3, 0.4) is 0 Å². The van der Waals surface area contributed by atoms with Crippen LogP contribution in [0.15, 0.2) is 30.3 Å². The molecule has 6 nitrogen and oxygen atoms in total. The van der Waals surface area contributed by atoms with Crippen LogP contribution in [0.4, 0.5) is 0 Å². The fourth-order valence-corrected chi connectivity index (χ4v) is 4.17. The Kier molecular flexibility index (Phi) is 7.45. The van der Waals surface area contributed by atoms with Crippen LogP contribution >= 0.6 is 0 Å². The molecule has 0 radical (unpaired) electrons. The number of rotatable bonds is 6. The van der Waals surface area contributed by atoms with Gasteiger partial charge in [-0.1, -0.05) is 30.3 Å². The predicted octanol–water partition coefficient (Wildman–Crippen LogP) is 1.88. The van der Waals surface area contributed by atoms with Crippen LogP contribution in [0, 0.1) is 0 Å². The third-order valence-corrected chi connectivity index (χ3v) is 5.99. The Balaban J connectivity index is 1.38. The average Bonchev–Trinajstić information content (AvgIpc) is 2.70. The SMILES string of the molecule is CC(NC(=O)CN1CCN(CC(=O)N2CCCCC2C)CC1)c1ccccc1. The summed E-state index contributed by atoms with van der Waals surface area (Å²) in [4.78, 5) is 31.4. The van der Waals surface area contributed by atoms with Crippen molar-refractivity contribution in [2.45, 2.75) is 45.2 Å². The number of hydrogen-bond acceptors (Lipinski definition) is 4. The molecule has 1 N–H and O–H groups in total. The van der Waals surface area contributed by atoms with Gasteiger partial charge in [-0.2, -0.15) is 0 Å². The largest absolute Gasteiger partial charge is 0.348 e. The van der Waals surface area contributed by atoms with Crippen molar-refractivity contribution in [1.82, 2.24) is 20.0 Å². The van der Waals surface area contributed by atoms with Crippen LogP contribution < -0.4 is 5.32 Å². The summed E-state index contributed by atoms with van der Waals surface area (Å²) in [5.74, 6) is 0.318. The summed E-state index contributed by atoms with van der Waals surface area (Å²) in [7, 11) is 0. The Morgan fingerprint density at radius 2 is 1.64 bits per heavy atom. The zero-order valence-corrected chi connectivity index (χ0v) is 17.3. The van der Waals surface area contributed by atoms with Crippen molar-refractivity contribution in [3.8, 4) is 0 Å². The summed E-state index contributed by atoms with van der Waals surface area (Å²) in [6.45, 7) is 9.34. The van der Waals surface area contributed by atoms with Gasteiger partial charge in [0, 0.05) is 38.8 Å². The van der Waals surface area contributed by atoms with Gasteiger partial charge in [0.25, 0.3) is 0 Å². The van der Waals surface area contributed by atoms with Gasteiger partial charge in [0.05, 0.1) is 19.1 Å². The van der Waals surface area contributed by atoms with Crippen LogP contribution in [-0.2, 0) is 9.59 Å². The van der Waals surface area contributed by atoms with E-state index in [1.54, 1.807) is 0 Å². The van der Waals surface area contributed by atoms with Gasteiger partial charge in [0.2, 0.25) is 11.8 Å². The van der Waals surface area contributed by atoms with Gasteiger partial charge in [-0.15, -0.1) is 0 Å². The Labute approximate surface area is 168 Å². The molecule has 0 saturated carbocycles. The van der Waals surface area contributed by atoms with Crippen LogP contribution in [0.5, 0.6) is 0 Å². The van der Waals surface area contributed by atoms with Crippen LogP contribution in [-0.4, -0.2) is 78.4 Å². The summed E-state index contributed by atoms with van der Waals surface area (Å²) in [5.41, 5.74) is 1.12. The standard InChI is InChI=1S/C22H34N4O2/c1-18-8-6-7-11-26(18)22(28)17-25-14-12-24(13-15-25)16-21(27)23-19(2)20-9-4-3-5-10-20/h3-5,9-10,18-19H,6-8,11-17H2,1-2H3,(H,23,27). The van der Waals surface area contributed by atoms with Gasteiger partial charge in [0.15, 0.2) is 0 Å². The summed E-state index contributed by atoms with van der Waals surface area (Å²) in [5, 5.41) is 3.08. The molecular formula is C22H34N4O2. The lowest BCUT2D eigenvalue weighted by Gasteiger charge is -2.38. The highest BCUT2D eigenvalue weighted by molar-refractivity contribution is 5.79. The van der Waals surface area contributed by atoms with E-state index in [2.05, 4.69) is 22.0 Å². The first-order valence-electron chi connectivity index (χ1n) is 10.6. The van der Waals surface area contributed by atoms with Crippen molar-refractivity contribution in [2.75, 3.05) is 45.8 Å². The molecule has 0 aromatic heterocycles. The van der Waals surface area contributed by atoms with Gasteiger partial charge in [-0.05, 0) is 38.7 Å². The zero-order chi connectivity index (χ0) is 19.9. The molecule has 2 aliphatic heterocycles. The molecular weight excluding hydrogens is 352 g/mol. The molecule has 2 unspecified atom stereocenters. The molecule has 2 amide bonds. The Morgan fingerprint density at radius 1 is 1.00 bits per heavy atom. The van der Waals surface area contributed by atoms with Crippen LogP contribution in [0.1, 0.15) is 44.7 Å². The maximum absolute atomic E-state index is 12.6. The number of nitrogens with one attached hydrogen (secondary N) is 1. The number of carbonyl (C=O) groups is 2.